The summed E-state index contributed by atoms with van der Waals surface area (Å²) in [5, 5.41) is 31.6. The van der Waals surface area contributed by atoms with Gasteiger partial charge in [0.2, 0.25) is 0 Å². The zero-order chi connectivity index (χ0) is 15.6. The Labute approximate surface area is 106 Å². The van der Waals surface area contributed by atoms with Crippen molar-refractivity contribution in [3.63, 3.8) is 0 Å². The normalized spacial score (nSPS) is 10.3. The van der Waals surface area contributed by atoms with Crippen LogP contribution in [0.1, 0.15) is 12.8 Å². The number of nitrogens with zero attached hydrogens (tertiary/aromatic N) is 1. The van der Waals surface area contributed by atoms with E-state index in [1.54, 1.807) is 0 Å². The number of hydrogen-bond acceptors (Lipinski definition) is 5. The van der Waals surface area contributed by atoms with Gasteiger partial charge in [-0.1, -0.05) is 0 Å². The molecule has 0 aromatic heterocycles. The molecule has 0 saturated heterocycles. The molecular weight excluding hydrogens is 266 g/mol. The first-order valence-corrected chi connectivity index (χ1v) is 4.57. The van der Waals surface area contributed by atoms with Crippen LogP contribution in [0.3, 0.4) is 0 Å². The van der Waals surface area contributed by atoms with Gasteiger partial charge in [-0.05, 0) is 6.42 Å². The number of guanidine groups is 1. The summed E-state index contributed by atoms with van der Waals surface area (Å²) in [5.41, 5.74) is 9.91. The predicted molar refractivity (Wildman–Crippen MR) is 59.4 cm³/mol. The first-order valence-electron chi connectivity index (χ1n) is 4.57. The summed E-state index contributed by atoms with van der Waals surface area (Å²) in [4.78, 5) is 42.1. The lowest BCUT2D eigenvalue weighted by molar-refractivity contribution is -0.159. The molecular formula is C8H13N3O8. The van der Waals surface area contributed by atoms with Crippen molar-refractivity contribution in [1.82, 2.24) is 0 Å². The molecule has 0 radical (unpaired) electrons. The van der Waals surface area contributed by atoms with Crippen molar-refractivity contribution in [3.05, 3.63) is 0 Å². The number of aliphatic carboxylic acids is 4. The van der Waals surface area contributed by atoms with Gasteiger partial charge in [0.15, 0.2) is 12.0 Å². The van der Waals surface area contributed by atoms with Gasteiger partial charge >= 0.3 is 23.9 Å². The average Bonchev–Trinajstić information content (AvgIpc) is 2.23. The average molecular weight is 279 g/mol. The van der Waals surface area contributed by atoms with E-state index in [1.807, 2.05) is 0 Å². The lowest BCUT2D eigenvalue weighted by atomic mass is 10.2. The highest BCUT2D eigenvalue weighted by atomic mass is 16.4. The molecule has 1 atom stereocenters. The molecule has 0 aromatic carbocycles. The largest absolute Gasteiger partial charge is 0.481 e. The van der Waals surface area contributed by atoms with E-state index in [0.29, 0.717) is 0 Å². The number of carboxylic acid groups (broad SMARTS) is 4. The maximum absolute atomic E-state index is 10.4. The number of nitrogens with two attached hydrogens (primary N) is 2. The van der Waals surface area contributed by atoms with Gasteiger partial charge < -0.3 is 31.9 Å². The van der Waals surface area contributed by atoms with E-state index in [9.17, 15) is 9.59 Å². The Bertz CT molecular complexity index is 375. The van der Waals surface area contributed by atoms with E-state index >= 15 is 0 Å². The van der Waals surface area contributed by atoms with E-state index in [-0.39, 0.29) is 18.8 Å². The van der Waals surface area contributed by atoms with E-state index < -0.39 is 29.9 Å². The summed E-state index contributed by atoms with van der Waals surface area (Å²) in [7, 11) is 0. The maximum Gasteiger partial charge on any atom is 0.414 e. The summed E-state index contributed by atoms with van der Waals surface area (Å²) in [6.07, 6.45) is -0.406. The second-order valence-corrected chi connectivity index (χ2v) is 2.95. The molecule has 19 heavy (non-hydrogen) atoms. The van der Waals surface area contributed by atoms with Crippen molar-refractivity contribution in [2.75, 3.05) is 0 Å². The fraction of sp³-hybridized carbons (Fsp3) is 0.375. The van der Waals surface area contributed by atoms with Crippen molar-refractivity contribution in [2.45, 2.75) is 18.9 Å². The number of hydrogen-bond donors (Lipinski definition) is 6. The SMILES string of the molecule is NC(N)=N[C@H](CCC(=O)O)C(=O)O.O=C(O)C(=O)O. The van der Waals surface area contributed by atoms with Crippen LogP contribution < -0.4 is 11.5 Å². The van der Waals surface area contributed by atoms with E-state index in [0.717, 1.165) is 0 Å². The maximum atomic E-state index is 10.4. The Morgan fingerprint density at radius 1 is 0.947 bits per heavy atom. The van der Waals surface area contributed by atoms with Crippen LogP contribution in [0.4, 0.5) is 0 Å². The zero-order valence-electron chi connectivity index (χ0n) is 9.52. The van der Waals surface area contributed by atoms with E-state index in [1.165, 1.54) is 0 Å². The zero-order valence-corrected chi connectivity index (χ0v) is 9.52. The van der Waals surface area contributed by atoms with E-state index in [2.05, 4.69) is 4.99 Å². The Kier molecular flexibility index (Phi) is 8.97. The number of aliphatic imine (C=N–C) groups is 1. The molecule has 8 N–H and O–H groups in total. The third-order valence-corrected chi connectivity index (χ3v) is 1.40. The second-order valence-electron chi connectivity index (χ2n) is 2.95. The van der Waals surface area contributed by atoms with Gasteiger partial charge in [0.1, 0.15) is 0 Å². The van der Waals surface area contributed by atoms with E-state index in [4.69, 9.17) is 41.5 Å². The van der Waals surface area contributed by atoms with Crippen LogP contribution in [-0.2, 0) is 19.2 Å². The van der Waals surface area contributed by atoms with Crippen LogP contribution in [0.15, 0.2) is 4.99 Å². The molecule has 0 aliphatic heterocycles. The fourth-order valence-electron chi connectivity index (χ4n) is 0.683. The number of carbonyl (C=O) groups is 4. The summed E-state index contributed by atoms with van der Waals surface area (Å²) in [5.74, 6) is -6.34. The Hall–Kier alpha value is -2.85. The van der Waals surface area contributed by atoms with Gasteiger partial charge in [-0.2, -0.15) is 0 Å². The molecule has 11 heteroatoms. The van der Waals surface area contributed by atoms with Gasteiger partial charge in [0.25, 0.3) is 0 Å². The van der Waals surface area contributed by atoms with Crippen LogP contribution in [0.2, 0.25) is 0 Å². The topological polar surface area (TPSA) is 214 Å². The smallest absolute Gasteiger partial charge is 0.414 e. The number of carboxylic acids is 4. The first kappa shape index (κ1) is 18.5. The minimum Gasteiger partial charge on any atom is -0.481 e. The molecule has 0 bridgehead atoms. The van der Waals surface area contributed by atoms with Crippen LogP contribution in [0.25, 0.3) is 0 Å². The third kappa shape index (κ3) is 13.1. The van der Waals surface area contributed by atoms with Crippen molar-refractivity contribution in [1.29, 1.82) is 0 Å². The molecule has 0 aromatic rings. The molecule has 0 amide bonds. The monoisotopic (exact) mass is 279 g/mol. The summed E-state index contributed by atoms with van der Waals surface area (Å²) >= 11 is 0. The van der Waals surface area contributed by atoms with Crippen molar-refractivity contribution >= 4 is 29.8 Å². The summed E-state index contributed by atoms with van der Waals surface area (Å²) < 4.78 is 0. The summed E-state index contributed by atoms with van der Waals surface area (Å²) in [6, 6.07) is -1.18. The lowest BCUT2D eigenvalue weighted by Gasteiger charge is -2.04. The highest BCUT2D eigenvalue weighted by molar-refractivity contribution is 6.27. The van der Waals surface area contributed by atoms with Gasteiger partial charge in [0.05, 0.1) is 0 Å². The molecule has 0 unspecified atom stereocenters. The lowest BCUT2D eigenvalue weighted by Crippen LogP contribution is -2.29. The van der Waals surface area contributed by atoms with Crippen molar-refractivity contribution in [2.24, 2.45) is 16.5 Å². The third-order valence-electron chi connectivity index (χ3n) is 1.40. The molecule has 0 heterocycles. The van der Waals surface area contributed by atoms with Gasteiger partial charge in [-0.15, -0.1) is 0 Å². The predicted octanol–water partition coefficient (Wildman–Crippen LogP) is -2.27. The molecule has 11 nitrogen and oxygen atoms in total. The highest BCUT2D eigenvalue weighted by Gasteiger charge is 2.17. The molecule has 0 aliphatic rings. The Balaban J connectivity index is 0. The standard InChI is InChI=1S/C6H11N3O4.C2H2O4/c7-6(8)9-3(5(12)13)1-2-4(10)11;3-1(4)2(5)6/h3H,1-2H2,(H,10,11)(H,12,13)(H4,7,8,9);(H,3,4)(H,5,6)/t3-;/m1./s1. The van der Waals surface area contributed by atoms with Gasteiger partial charge in [0, 0.05) is 6.42 Å². The van der Waals surface area contributed by atoms with Crippen molar-refractivity contribution < 1.29 is 39.6 Å². The quantitative estimate of drug-likeness (QED) is 0.180. The van der Waals surface area contributed by atoms with Crippen LogP contribution in [0, 0.1) is 0 Å². The summed E-state index contributed by atoms with van der Waals surface area (Å²) in [6.45, 7) is 0. The highest BCUT2D eigenvalue weighted by Crippen LogP contribution is 2.02. The minimum absolute atomic E-state index is 0.122. The first-order chi connectivity index (χ1) is 8.57. The molecule has 108 valence electrons. The van der Waals surface area contributed by atoms with Crippen LogP contribution in [0.5, 0.6) is 0 Å². The molecule has 0 fully saturated rings. The fourth-order valence-corrected chi connectivity index (χ4v) is 0.683. The number of rotatable bonds is 5. The molecule has 0 saturated carbocycles. The molecule has 0 aliphatic carbocycles. The Morgan fingerprint density at radius 3 is 1.58 bits per heavy atom. The van der Waals surface area contributed by atoms with Gasteiger partial charge in [-0.25, -0.2) is 19.4 Å². The second kappa shape index (κ2) is 9.21. The van der Waals surface area contributed by atoms with Crippen LogP contribution in [-0.4, -0.2) is 56.3 Å². The van der Waals surface area contributed by atoms with Gasteiger partial charge in [-0.3, -0.25) is 4.79 Å². The Morgan fingerprint density at radius 2 is 1.37 bits per heavy atom. The minimum atomic E-state index is -1.82. The molecule has 0 spiro atoms. The van der Waals surface area contributed by atoms with Crippen LogP contribution >= 0.6 is 0 Å². The molecule has 0 rings (SSSR count). The van der Waals surface area contributed by atoms with Crippen molar-refractivity contribution in [3.8, 4) is 0 Å².